The van der Waals surface area contributed by atoms with E-state index in [0.29, 0.717) is 0 Å². The summed E-state index contributed by atoms with van der Waals surface area (Å²) in [5.74, 6) is -3.12. The summed E-state index contributed by atoms with van der Waals surface area (Å²) in [6, 6.07) is 0.817. The highest BCUT2D eigenvalue weighted by Crippen LogP contribution is 2.35. The molecule has 1 aromatic rings. The second kappa shape index (κ2) is 3.53. The molecule has 76 valence electrons. The molecule has 0 aromatic carbocycles. The van der Waals surface area contributed by atoms with Crippen LogP contribution in [-0.4, -0.2) is 16.1 Å². The Hall–Kier alpha value is -1.16. The second-order valence-electron chi connectivity index (χ2n) is 2.45. The minimum atomic E-state index is -3.57. The van der Waals surface area contributed by atoms with Crippen molar-refractivity contribution < 1.29 is 23.1 Å². The van der Waals surface area contributed by atoms with Gasteiger partial charge < -0.3 is 5.11 Å². The van der Waals surface area contributed by atoms with E-state index in [-0.39, 0.29) is 0 Å². The van der Waals surface area contributed by atoms with E-state index in [9.17, 15) is 18.0 Å². The van der Waals surface area contributed by atoms with Crippen molar-refractivity contribution in [2.24, 2.45) is 0 Å². The van der Waals surface area contributed by atoms with E-state index in [1.165, 1.54) is 0 Å². The highest BCUT2D eigenvalue weighted by atomic mass is 31.0. The quantitative estimate of drug-likeness (QED) is 0.778. The van der Waals surface area contributed by atoms with E-state index in [1.54, 1.807) is 0 Å². The summed E-state index contributed by atoms with van der Waals surface area (Å²) in [7, 11) is 1.09. The maximum atomic E-state index is 13.1. The third kappa shape index (κ3) is 2.01. The van der Waals surface area contributed by atoms with E-state index < -0.39 is 28.7 Å². The van der Waals surface area contributed by atoms with Crippen molar-refractivity contribution in [2.75, 3.05) is 0 Å². The molecule has 0 radical (unpaired) electrons. The molecular formula is C7H5F3NO2P. The molecule has 1 N–H and O–H groups in total. The van der Waals surface area contributed by atoms with Gasteiger partial charge in [0, 0.05) is 6.20 Å². The number of carboxylic acid groups (broad SMARTS) is 1. The number of aromatic carboxylic acids is 1. The van der Waals surface area contributed by atoms with Crippen LogP contribution in [-0.2, 0) is 5.66 Å². The van der Waals surface area contributed by atoms with Crippen molar-refractivity contribution in [3.05, 3.63) is 29.3 Å². The number of rotatable bonds is 2. The molecule has 1 aromatic heterocycles. The lowest BCUT2D eigenvalue weighted by atomic mass is 10.2. The number of nitrogens with zero attached hydrogens (tertiary/aromatic N) is 1. The number of hydrogen-bond acceptors (Lipinski definition) is 2. The molecule has 3 nitrogen and oxygen atoms in total. The van der Waals surface area contributed by atoms with Gasteiger partial charge in [0.2, 0.25) is 0 Å². The Kier molecular flexibility index (Phi) is 2.76. The molecule has 0 amide bonds. The van der Waals surface area contributed by atoms with Gasteiger partial charge in [0.25, 0.3) is 0 Å². The van der Waals surface area contributed by atoms with Gasteiger partial charge in [-0.1, -0.05) is 9.24 Å². The fraction of sp³-hybridized carbons (Fsp3) is 0.143. The summed E-state index contributed by atoms with van der Waals surface area (Å²) in [4.78, 5) is 13.5. The van der Waals surface area contributed by atoms with Gasteiger partial charge in [0.05, 0.1) is 5.56 Å². The highest BCUT2D eigenvalue weighted by Gasteiger charge is 2.32. The van der Waals surface area contributed by atoms with Crippen molar-refractivity contribution in [1.82, 2.24) is 4.98 Å². The van der Waals surface area contributed by atoms with Gasteiger partial charge in [0.15, 0.2) is 5.82 Å². The minimum Gasteiger partial charge on any atom is -0.478 e. The fourth-order valence-electron chi connectivity index (χ4n) is 0.841. The zero-order valence-electron chi connectivity index (χ0n) is 6.67. The molecular weight excluding hydrogens is 218 g/mol. The number of carboxylic acids is 1. The number of aromatic nitrogens is 1. The Bertz CT molecular complexity index is 378. The molecule has 0 fully saturated rings. The highest BCUT2D eigenvalue weighted by molar-refractivity contribution is 7.17. The molecule has 0 aliphatic carbocycles. The number of alkyl halides is 2. The first kappa shape index (κ1) is 10.9. The van der Waals surface area contributed by atoms with Crippen LogP contribution in [0.5, 0.6) is 0 Å². The predicted octanol–water partition coefficient (Wildman–Crippen LogP) is 1.84. The summed E-state index contributed by atoms with van der Waals surface area (Å²) in [6.45, 7) is 0. The average Bonchev–Trinajstić information content (AvgIpc) is 2.01. The van der Waals surface area contributed by atoms with E-state index in [0.717, 1.165) is 21.5 Å². The van der Waals surface area contributed by atoms with Gasteiger partial charge in [0.1, 0.15) is 5.69 Å². The number of hydrogen-bond donors (Lipinski definition) is 1. The largest absolute Gasteiger partial charge is 0.478 e. The van der Waals surface area contributed by atoms with E-state index in [4.69, 9.17) is 5.11 Å². The van der Waals surface area contributed by atoms with E-state index in [2.05, 4.69) is 4.98 Å². The lowest BCUT2D eigenvalue weighted by Gasteiger charge is -2.10. The molecule has 0 spiro atoms. The van der Waals surface area contributed by atoms with Crippen LogP contribution >= 0.6 is 9.24 Å². The van der Waals surface area contributed by atoms with Crippen molar-refractivity contribution in [1.29, 1.82) is 0 Å². The Morgan fingerprint density at radius 1 is 1.57 bits per heavy atom. The van der Waals surface area contributed by atoms with Crippen LogP contribution in [0.4, 0.5) is 13.2 Å². The van der Waals surface area contributed by atoms with Crippen LogP contribution in [0.15, 0.2) is 12.3 Å². The molecule has 0 saturated heterocycles. The molecule has 0 bridgehead atoms. The smallest absolute Gasteiger partial charge is 0.338 e. The van der Waals surface area contributed by atoms with Gasteiger partial charge in [-0.15, -0.1) is 0 Å². The predicted molar refractivity (Wildman–Crippen MR) is 44.8 cm³/mol. The maximum absolute atomic E-state index is 13.1. The summed E-state index contributed by atoms with van der Waals surface area (Å²) < 4.78 is 38.3. The molecule has 1 atom stereocenters. The van der Waals surface area contributed by atoms with Crippen LogP contribution < -0.4 is 0 Å². The summed E-state index contributed by atoms with van der Waals surface area (Å²) in [6.07, 6.45) is 0.819. The van der Waals surface area contributed by atoms with Crippen molar-refractivity contribution >= 4 is 15.2 Å². The molecule has 0 saturated carbocycles. The molecule has 0 aliphatic rings. The zero-order chi connectivity index (χ0) is 10.9. The second-order valence-corrected chi connectivity index (χ2v) is 3.17. The standard InChI is InChI=1S/C7H5F3NO2P/c8-4-3(6(12)13)1-2-11-5(4)7(9,10)14/h1-2H,14H2,(H,12,13). The zero-order valence-corrected chi connectivity index (χ0v) is 7.82. The Balaban J connectivity index is 3.35. The van der Waals surface area contributed by atoms with Crippen LogP contribution in [0.3, 0.4) is 0 Å². The average molecular weight is 223 g/mol. The van der Waals surface area contributed by atoms with Crippen LogP contribution in [0, 0.1) is 5.82 Å². The number of carbonyl (C=O) groups is 1. The van der Waals surface area contributed by atoms with Gasteiger partial charge in [-0.3, -0.25) is 4.98 Å². The molecule has 7 heteroatoms. The normalized spacial score (nSPS) is 11.4. The van der Waals surface area contributed by atoms with Crippen molar-refractivity contribution in [3.8, 4) is 0 Å². The number of pyridine rings is 1. The van der Waals surface area contributed by atoms with Crippen LogP contribution in [0.1, 0.15) is 16.1 Å². The van der Waals surface area contributed by atoms with Gasteiger partial charge in [-0.05, 0) is 6.07 Å². The van der Waals surface area contributed by atoms with Crippen molar-refractivity contribution in [2.45, 2.75) is 5.66 Å². The lowest BCUT2D eigenvalue weighted by molar-refractivity contribution is 0.0686. The molecule has 1 unspecified atom stereocenters. The van der Waals surface area contributed by atoms with Crippen LogP contribution in [0.2, 0.25) is 0 Å². The maximum Gasteiger partial charge on any atom is 0.338 e. The summed E-state index contributed by atoms with van der Waals surface area (Å²) >= 11 is 0. The molecule has 0 aliphatic heterocycles. The SMILES string of the molecule is O=C(O)c1ccnc(C(F)(F)P)c1F. The number of halogens is 3. The molecule has 1 rings (SSSR count). The topological polar surface area (TPSA) is 50.2 Å². The summed E-state index contributed by atoms with van der Waals surface area (Å²) in [5, 5.41) is 8.44. The lowest BCUT2D eigenvalue weighted by Crippen LogP contribution is -2.13. The first-order chi connectivity index (χ1) is 6.34. The monoisotopic (exact) mass is 223 g/mol. The third-order valence-corrected chi connectivity index (χ3v) is 1.71. The Labute approximate surface area is 79.2 Å². The van der Waals surface area contributed by atoms with Gasteiger partial charge in [-0.2, -0.15) is 8.78 Å². The first-order valence-corrected chi connectivity index (χ1v) is 3.96. The van der Waals surface area contributed by atoms with E-state index >= 15 is 0 Å². The Morgan fingerprint density at radius 3 is 2.57 bits per heavy atom. The van der Waals surface area contributed by atoms with Gasteiger partial charge in [-0.25, -0.2) is 9.18 Å². The summed E-state index contributed by atoms with van der Waals surface area (Å²) in [5.41, 5.74) is -5.59. The molecule has 14 heavy (non-hydrogen) atoms. The third-order valence-electron chi connectivity index (χ3n) is 1.44. The van der Waals surface area contributed by atoms with Crippen LogP contribution in [0.25, 0.3) is 0 Å². The molecule has 1 heterocycles. The van der Waals surface area contributed by atoms with Gasteiger partial charge >= 0.3 is 11.6 Å². The Morgan fingerprint density at radius 2 is 2.14 bits per heavy atom. The van der Waals surface area contributed by atoms with Crippen molar-refractivity contribution in [3.63, 3.8) is 0 Å². The fourth-order valence-corrected chi connectivity index (χ4v) is 1.04. The van der Waals surface area contributed by atoms with E-state index in [1.807, 2.05) is 0 Å². The first-order valence-electron chi connectivity index (χ1n) is 3.39. The minimum absolute atomic E-state index is 0.817.